The van der Waals surface area contributed by atoms with E-state index in [2.05, 4.69) is 0 Å². The first-order chi connectivity index (χ1) is 7.04. The van der Waals surface area contributed by atoms with Gasteiger partial charge in [0.25, 0.3) is 0 Å². The van der Waals surface area contributed by atoms with Crippen molar-refractivity contribution in [1.82, 2.24) is 0 Å². The van der Waals surface area contributed by atoms with Crippen LogP contribution >= 0.6 is 0 Å². The van der Waals surface area contributed by atoms with Crippen molar-refractivity contribution in [2.24, 2.45) is 0 Å². The lowest BCUT2D eigenvalue weighted by molar-refractivity contribution is 0.552. The molecule has 0 bridgehead atoms. The van der Waals surface area contributed by atoms with Gasteiger partial charge in [-0.25, -0.2) is 0 Å². The smallest absolute Gasteiger partial charge is 0.189 e. The molecule has 2 nitrogen and oxygen atoms in total. The van der Waals surface area contributed by atoms with Crippen molar-refractivity contribution < 1.29 is 12.3 Å². The van der Waals surface area contributed by atoms with Gasteiger partial charge in [0.2, 0.25) is 0 Å². The molecule has 0 N–H and O–H groups in total. The predicted octanol–water partition coefficient (Wildman–Crippen LogP) is 3.32. The van der Waals surface area contributed by atoms with Crippen molar-refractivity contribution in [2.45, 2.75) is 38.5 Å². The van der Waals surface area contributed by atoms with Crippen LogP contribution in [0.4, 0.5) is 3.89 Å². The molecular weight excluding hydrogens is 215 g/mol. The van der Waals surface area contributed by atoms with Gasteiger partial charge in [0, 0.05) is 0 Å². The summed E-state index contributed by atoms with van der Waals surface area (Å²) in [6, 6.07) is 5.98. The molecule has 0 saturated carbocycles. The van der Waals surface area contributed by atoms with Crippen molar-refractivity contribution in [1.29, 1.82) is 0 Å². The zero-order valence-electron chi connectivity index (χ0n) is 9.33. The van der Waals surface area contributed by atoms with E-state index in [9.17, 15) is 12.3 Å². The van der Waals surface area contributed by atoms with Crippen LogP contribution in [0.3, 0.4) is 0 Å². The number of hydrogen-bond donors (Lipinski definition) is 0. The molecule has 0 atom stereocenters. The van der Waals surface area contributed by atoms with Crippen molar-refractivity contribution in [2.75, 3.05) is 0 Å². The number of rotatable bonds is 3. The minimum Gasteiger partial charge on any atom is -0.189 e. The fourth-order valence-electron chi connectivity index (χ4n) is 1.14. The summed E-state index contributed by atoms with van der Waals surface area (Å²) < 4.78 is 33.6. The van der Waals surface area contributed by atoms with Crippen molar-refractivity contribution in [3.8, 4) is 0 Å². The molecule has 0 spiro atoms. The van der Waals surface area contributed by atoms with Gasteiger partial charge in [-0.15, -0.1) is 3.89 Å². The molecule has 0 aliphatic rings. The van der Waals surface area contributed by atoms with Crippen LogP contribution in [0.2, 0.25) is 0 Å². The van der Waals surface area contributed by atoms with Crippen LogP contribution in [0.25, 0.3) is 0 Å². The molecule has 86 valence electrons. The second-order valence-corrected chi connectivity index (χ2v) is 4.18. The van der Waals surface area contributed by atoms with E-state index in [4.69, 9.17) is 0 Å². The van der Waals surface area contributed by atoms with Crippen LogP contribution in [0.1, 0.15) is 32.8 Å². The van der Waals surface area contributed by atoms with E-state index in [-0.39, 0.29) is 4.90 Å². The van der Waals surface area contributed by atoms with E-state index in [0.717, 1.165) is 18.4 Å². The Hall–Kier alpha value is -0.900. The molecule has 0 unspecified atom stereocenters. The largest absolute Gasteiger partial charge is 0.332 e. The summed E-state index contributed by atoms with van der Waals surface area (Å²) in [7, 11) is -4.54. The monoisotopic (exact) mass is 232 g/mol. The Balaban J connectivity index is 0.000000921. The maximum atomic E-state index is 12.5. The highest BCUT2D eigenvalue weighted by molar-refractivity contribution is 7.86. The fourth-order valence-corrected chi connectivity index (χ4v) is 1.67. The summed E-state index contributed by atoms with van der Waals surface area (Å²) in [5.41, 5.74) is 0.848. The van der Waals surface area contributed by atoms with Crippen LogP contribution in [-0.2, 0) is 16.6 Å². The fraction of sp³-hybridized carbons (Fsp3) is 0.455. The van der Waals surface area contributed by atoms with Gasteiger partial charge in [-0.2, -0.15) is 8.42 Å². The van der Waals surface area contributed by atoms with E-state index in [0.29, 0.717) is 0 Å². The number of hydrogen-bond acceptors (Lipinski definition) is 2. The summed E-state index contributed by atoms with van der Waals surface area (Å²) in [6.45, 7) is 5.98. The predicted molar refractivity (Wildman–Crippen MR) is 60.1 cm³/mol. The molecule has 1 aromatic rings. The molecule has 0 aliphatic carbocycles. The highest BCUT2D eigenvalue weighted by atomic mass is 32.3. The lowest BCUT2D eigenvalue weighted by Crippen LogP contribution is -1.93. The van der Waals surface area contributed by atoms with Gasteiger partial charge in [0.1, 0.15) is 0 Å². The second kappa shape index (κ2) is 6.56. The first kappa shape index (κ1) is 14.1. The van der Waals surface area contributed by atoms with Gasteiger partial charge in [-0.05, 0) is 24.1 Å². The van der Waals surface area contributed by atoms with E-state index in [1.807, 2.05) is 20.8 Å². The highest BCUT2D eigenvalue weighted by Gasteiger charge is 2.11. The Morgan fingerprint density at radius 3 is 2.33 bits per heavy atom. The Kier molecular flexibility index (Phi) is 6.17. The lowest BCUT2D eigenvalue weighted by Gasteiger charge is -1.99. The molecule has 0 saturated heterocycles. The first-order valence-corrected chi connectivity index (χ1v) is 6.46. The number of benzene rings is 1. The molecule has 1 aromatic carbocycles. The Morgan fingerprint density at radius 2 is 1.87 bits per heavy atom. The quantitative estimate of drug-likeness (QED) is 0.749. The van der Waals surface area contributed by atoms with Crippen LogP contribution in [0, 0.1) is 0 Å². The van der Waals surface area contributed by atoms with Crippen LogP contribution in [0.15, 0.2) is 29.2 Å². The zero-order chi connectivity index (χ0) is 11.9. The standard InChI is InChI=1S/C9H11FO2S.C2H6/c1-2-4-8-5-3-6-9(7-8)13(10,11)12;1-2/h3,5-7H,2,4H2,1H3;1-2H3. The maximum absolute atomic E-state index is 12.5. The first-order valence-electron chi connectivity index (χ1n) is 5.07. The van der Waals surface area contributed by atoms with Crippen molar-refractivity contribution in [3.05, 3.63) is 29.8 Å². The Labute approximate surface area is 91.3 Å². The third kappa shape index (κ3) is 4.93. The summed E-state index contributed by atoms with van der Waals surface area (Å²) in [4.78, 5) is -0.251. The summed E-state index contributed by atoms with van der Waals surface area (Å²) in [5.74, 6) is 0. The molecule has 0 amide bonds. The molecular formula is C11H17FO2S. The summed E-state index contributed by atoms with van der Waals surface area (Å²) in [5, 5.41) is 0. The third-order valence-electron chi connectivity index (χ3n) is 1.72. The molecule has 0 aliphatic heterocycles. The zero-order valence-corrected chi connectivity index (χ0v) is 10.1. The summed E-state index contributed by atoms with van der Waals surface area (Å²) >= 11 is 0. The SMILES string of the molecule is CC.CCCc1cccc(S(=O)(=O)F)c1. The minimum atomic E-state index is -4.54. The lowest BCUT2D eigenvalue weighted by atomic mass is 10.1. The highest BCUT2D eigenvalue weighted by Crippen LogP contribution is 2.14. The number of aryl methyl sites for hydroxylation is 1. The minimum absolute atomic E-state index is 0.251. The second-order valence-electron chi connectivity index (χ2n) is 2.84. The van der Waals surface area contributed by atoms with E-state index >= 15 is 0 Å². The maximum Gasteiger partial charge on any atom is 0.332 e. The van der Waals surface area contributed by atoms with Gasteiger partial charge in [-0.1, -0.05) is 39.3 Å². The average Bonchev–Trinajstić information content (AvgIpc) is 2.21. The van der Waals surface area contributed by atoms with Gasteiger partial charge in [-0.3, -0.25) is 0 Å². The molecule has 4 heteroatoms. The van der Waals surface area contributed by atoms with Crippen molar-refractivity contribution >= 4 is 10.2 Å². The van der Waals surface area contributed by atoms with E-state index in [1.54, 1.807) is 12.1 Å². The molecule has 0 radical (unpaired) electrons. The topological polar surface area (TPSA) is 34.1 Å². The molecule has 0 aromatic heterocycles. The third-order valence-corrected chi connectivity index (χ3v) is 2.54. The van der Waals surface area contributed by atoms with Crippen LogP contribution in [-0.4, -0.2) is 8.42 Å². The van der Waals surface area contributed by atoms with Crippen LogP contribution in [0.5, 0.6) is 0 Å². The van der Waals surface area contributed by atoms with Crippen LogP contribution < -0.4 is 0 Å². The number of halogens is 1. The van der Waals surface area contributed by atoms with Gasteiger partial charge in [0.15, 0.2) is 0 Å². The molecule has 1 rings (SSSR count). The van der Waals surface area contributed by atoms with Gasteiger partial charge < -0.3 is 0 Å². The average molecular weight is 232 g/mol. The molecule has 0 fully saturated rings. The normalized spacial score (nSPS) is 10.4. The molecule has 0 heterocycles. The summed E-state index contributed by atoms with van der Waals surface area (Å²) in [6.07, 6.45) is 1.68. The molecule has 15 heavy (non-hydrogen) atoms. The Bertz CT molecular complexity index is 385. The van der Waals surface area contributed by atoms with Crippen molar-refractivity contribution in [3.63, 3.8) is 0 Å². The van der Waals surface area contributed by atoms with E-state index < -0.39 is 10.2 Å². The van der Waals surface area contributed by atoms with Gasteiger partial charge >= 0.3 is 10.2 Å². The van der Waals surface area contributed by atoms with E-state index in [1.165, 1.54) is 12.1 Å². The van der Waals surface area contributed by atoms with Gasteiger partial charge in [0.05, 0.1) is 4.90 Å². The Morgan fingerprint density at radius 1 is 1.27 bits per heavy atom.